The highest BCUT2D eigenvalue weighted by Gasteiger charge is 2.13. The average molecular weight is 352 g/mol. The molecule has 0 aliphatic carbocycles. The number of benzene rings is 2. The van der Waals surface area contributed by atoms with Crippen LogP contribution in [0.3, 0.4) is 0 Å². The molecule has 2 aromatic carbocycles. The Balaban J connectivity index is 1.79. The first-order valence-corrected chi connectivity index (χ1v) is 8.35. The molecule has 1 aromatic heterocycles. The number of nitrogens with two attached hydrogens (primary N) is 1. The molecule has 3 rings (SSSR count). The van der Waals surface area contributed by atoms with Crippen LogP contribution in [0.15, 0.2) is 54.6 Å². The molecule has 0 aliphatic rings. The summed E-state index contributed by atoms with van der Waals surface area (Å²) in [7, 11) is 0. The first-order chi connectivity index (χ1) is 12.0. The number of primary amides is 1. The molecule has 3 amide bonds. The standard InChI is InChI=1S/C18H16N4O2S/c1-11-15(12-6-3-2-4-7-12)25-18(20-11)22-16(23)13-8-5-9-14(10-13)21-17(19)24/h2-10H,1H3,(H3,19,21,24)(H,20,22,23). The molecule has 4 N–H and O–H groups in total. The van der Waals surface area contributed by atoms with E-state index in [1.807, 2.05) is 37.3 Å². The molecular weight excluding hydrogens is 336 g/mol. The predicted octanol–water partition coefficient (Wildman–Crippen LogP) is 3.86. The number of thiazole rings is 1. The Labute approximate surface area is 148 Å². The third-order valence-corrected chi connectivity index (χ3v) is 4.57. The van der Waals surface area contributed by atoms with E-state index in [1.165, 1.54) is 11.3 Å². The van der Waals surface area contributed by atoms with Gasteiger partial charge in [-0.3, -0.25) is 10.1 Å². The molecule has 0 aliphatic heterocycles. The van der Waals surface area contributed by atoms with Crippen molar-refractivity contribution in [1.29, 1.82) is 0 Å². The maximum Gasteiger partial charge on any atom is 0.316 e. The molecular formula is C18H16N4O2S. The Kier molecular flexibility index (Phi) is 4.76. The fourth-order valence-corrected chi connectivity index (χ4v) is 3.32. The summed E-state index contributed by atoms with van der Waals surface area (Å²) in [6.45, 7) is 1.91. The normalized spacial score (nSPS) is 10.3. The van der Waals surface area contributed by atoms with Crippen LogP contribution in [0.5, 0.6) is 0 Å². The molecule has 0 bridgehead atoms. The van der Waals surface area contributed by atoms with E-state index in [9.17, 15) is 9.59 Å². The maximum atomic E-state index is 12.4. The van der Waals surface area contributed by atoms with Crippen LogP contribution < -0.4 is 16.4 Å². The second-order valence-electron chi connectivity index (χ2n) is 5.32. The second kappa shape index (κ2) is 7.14. The van der Waals surface area contributed by atoms with E-state index in [-0.39, 0.29) is 5.91 Å². The fraction of sp³-hybridized carbons (Fsp3) is 0.0556. The lowest BCUT2D eigenvalue weighted by Gasteiger charge is -2.05. The topological polar surface area (TPSA) is 97.1 Å². The number of aromatic nitrogens is 1. The molecule has 0 spiro atoms. The molecule has 0 radical (unpaired) electrons. The molecule has 0 saturated carbocycles. The number of anilines is 2. The molecule has 7 heteroatoms. The van der Waals surface area contributed by atoms with Crippen LogP contribution in [-0.2, 0) is 0 Å². The highest BCUT2D eigenvalue weighted by atomic mass is 32.1. The SMILES string of the molecule is Cc1nc(NC(=O)c2cccc(NC(N)=O)c2)sc1-c1ccccc1. The maximum absolute atomic E-state index is 12.4. The monoisotopic (exact) mass is 352 g/mol. The van der Waals surface area contributed by atoms with Gasteiger partial charge in [-0.2, -0.15) is 0 Å². The van der Waals surface area contributed by atoms with Crippen molar-refractivity contribution in [2.45, 2.75) is 6.92 Å². The van der Waals surface area contributed by atoms with E-state index in [4.69, 9.17) is 5.73 Å². The Morgan fingerprint density at radius 1 is 1.04 bits per heavy atom. The number of amides is 3. The average Bonchev–Trinajstić information content (AvgIpc) is 2.95. The lowest BCUT2D eigenvalue weighted by Crippen LogP contribution is -2.19. The van der Waals surface area contributed by atoms with Crippen molar-refractivity contribution in [2.24, 2.45) is 5.73 Å². The minimum Gasteiger partial charge on any atom is -0.351 e. The van der Waals surface area contributed by atoms with Crippen LogP contribution in [-0.4, -0.2) is 16.9 Å². The van der Waals surface area contributed by atoms with Crippen molar-refractivity contribution < 1.29 is 9.59 Å². The van der Waals surface area contributed by atoms with Gasteiger partial charge in [-0.25, -0.2) is 9.78 Å². The minimum atomic E-state index is -0.680. The van der Waals surface area contributed by atoms with Crippen molar-refractivity contribution in [3.8, 4) is 10.4 Å². The van der Waals surface area contributed by atoms with E-state index < -0.39 is 6.03 Å². The summed E-state index contributed by atoms with van der Waals surface area (Å²) in [5.74, 6) is -0.304. The van der Waals surface area contributed by atoms with Crippen LogP contribution in [0, 0.1) is 6.92 Å². The minimum absolute atomic E-state index is 0.304. The fourth-order valence-electron chi connectivity index (χ4n) is 2.36. The van der Waals surface area contributed by atoms with Gasteiger partial charge in [0.05, 0.1) is 10.6 Å². The van der Waals surface area contributed by atoms with Gasteiger partial charge in [0.15, 0.2) is 5.13 Å². The number of hydrogen-bond donors (Lipinski definition) is 3. The lowest BCUT2D eigenvalue weighted by atomic mass is 10.2. The zero-order valence-corrected chi connectivity index (χ0v) is 14.3. The molecule has 1 heterocycles. The van der Waals surface area contributed by atoms with Gasteiger partial charge in [0.25, 0.3) is 5.91 Å². The summed E-state index contributed by atoms with van der Waals surface area (Å²) in [6, 6.07) is 15.7. The number of carbonyl (C=O) groups is 2. The molecule has 0 saturated heterocycles. The number of nitrogens with zero attached hydrogens (tertiary/aromatic N) is 1. The summed E-state index contributed by atoms with van der Waals surface area (Å²) in [5.41, 5.74) is 7.87. The smallest absolute Gasteiger partial charge is 0.316 e. The van der Waals surface area contributed by atoms with Crippen molar-refractivity contribution in [3.05, 3.63) is 65.9 Å². The molecule has 3 aromatic rings. The van der Waals surface area contributed by atoms with Crippen LogP contribution in [0.2, 0.25) is 0 Å². The summed E-state index contributed by atoms with van der Waals surface area (Å²) >= 11 is 1.42. The molecule has 126 valence electrons. The van der Waals surface area contributed by atoms with Crippen LogP contribution in [0.1, 0.15) is 16.1 Å². The Morgan fingerprint density at radius 2 is 1.80 bits per heavy atom. The lowest BCUT2D eigenvalue weighted by molar-refractivity contribution is 0.102. The Morgan fingerprint density at radius 3 is 2.52 bits per heavy atom. The number of hydrogen-bond acceptors (Lipinski definition) is 4. The van der Waals surface area contributed by atoms with E-state index in [1.54, 1.807) is 24.3 Å². The van der Waals surface area contributed by atoms with E-state index >= 15 is 0 Å². The van der Waals surface area contributed by atoms with Crippen molar-refractivity contribution in [3.63, 3.8) is 0 Å². The summed E-state index contributed by atoms with van der Waals surface area (Å²) in [5, 5.41) is 5.76. The first-order valence-electron chi connectivity index (χ1n) is 7.53. The van der Waals surface area contributed by atoms with Gasteiger partial charge >= 0.3 is 6.03 Å². The van der Waals surface area contributed by atoms with Gasteiger partial charge in [-0.15, -0.1) is 0 Å². The summed E-state index contributed by atoms with van der Waals surface area (Å²) in [4.78, 5) is 28.8. The number of aryl methyl sites for hydroxylation is 1. The van der Waals surface area contributed by atoms with E-state index in [0.717, 1.165) is 16.1 Å². The molecule has 6 nitrogen and oxygen atoms in total. The van der Waals surface area contributed by atoms with Crippen molar-refractivity contribution >= 4 is 34.1 Å². The van der Waals surface area contributed by atoms with Crippen molar-refractivity contribution in [1.82, 2.24) is 4.98 Å². The zero-order valence-electron chi connectivity index (χ0n) is 13.4. The molecule has 25 heavy (non-hydrogen) atoms. The van der Waals surface area contributed by atoms with E-state index in [0.29, 0.717) is 16.4 Å². The molecule has 0 fully saturated rings. The number of carbonyl (C=O) groups excluding carboxylic acids is 2. The Hall–Kier alpha value is -3.19. The van der Waals surface area contributed by atoms with Gasteiger partial charge in [0, 0.05) is 11.3 Å². The van der Waals surface area contributed by atoms with Gasteiger partial charge in [0.2, 0.25) is 0 Å². The number of urea groups is 1. The van der Waals surface area contributed by atoms with Crippen LogP contribution in [0.4, 0.5) is 15.6 Å². The summed E-state index contributed by atoms with van der Waals surface area (Å²) < 4.78 is 0. The van der Waals surface area contributed by atoms with Crippen molar-refractivity contribution in [2.75, 3.05) is 10.6 Å². The van der Waals surface area contributed by atoms with Gasteiger partial charge in [0.1, 0.15) is 0 Å². The number of nitrogens with one attached hydrogen (secondary N) is 2. The predicted molar refractivity (Wildman–Crippen MR) is 99.9 cm³/mol. The van der Waals surface area contributed by atoms with Gasteiger partial charge in [-0.1, -0.05) is 47.7 Å². The van der Waals surface area contributed by atoms with E-state index in [2.05, 4.69) is 15.6 Å². The zero-order chi connectivity index (χ0) is 17.8. The quantitative estimate of drug-likeness (QED) is 0.665. The van der Waals surface area contributed by atoms with Gasteiger partial charge < -0.3 is 11.1 Å². The summed E-state index contributed by atoms with van der Waals surface area (Å²) in [6.07, 6.45) is 0. The van der Waals surface area contributed by atoms with Crippen LogP contribution in [0.25, 0.3) is 10.4 Å². The first kappa shape index (κ1) is 16.7. The number of rotatable bonds is 4. The van der Waals surface area contributed by atoms with Gasteiger partial charge in [-0.05, 0) is 30.7 Å². The largest absolute Gasteiger partial charge is 0.351 e. The second-order valence-corrected chi connectivity index (χ2v) is 6.32. The van der Waals surface area contributed by atoms with Crippen LogP contribution >= 0.6 is 11.3 Å². The highest BCUT2D eigenvalue weighted by Crippen LogP contribution is 2.32. The molecule has 0 unspecified atom stereocenters. The Bertz CT molecular complexity index is 922. The molecule has 0 atom stereocenters. The highest BCUT2D eigenvalue weighted by molar-refractivity contribution is 7.19. The third kappa shape index (κ3) is 4.02. The third-order valence-electron chi connectivity index (χ3n) is 3.45.